The minimum Gasteiger partial charge on any atom is -0.321 e. The first-order chi connectivity index (χ1) is 12.5. The first-order valence-corrected chi connectivity index (χ1v) is 9.91. The standard InChI is InChI=1S/C19H19N3O3S/c20-13-15-6-1-4-11-18(15)21-19(23)14-7-5-10-17(12-14)26(24,25)22-16-8-2-3-9-16/h1,4-7,10-12,16,22H,2-3,8-9H2,(H,21,23). The third-order valence-corrected chi connectivity index (χ3v) is 5.90. The molecule has 1 fully saturated rings. The van der Waals surface area contributed by atoms with Crippen molar-refractivity contribution in [3.05, 3.63) is 59.7 Å². The zero-order valence-electron chi connectivity index (χ0n) is 14.1. The Labute approximate surface area is 152 Å². The van der Waals surface area contributed by atoms with E-state index >= 15 is 0 Å². The number of carbonyl (C=O) groups excluding carboxylic acids is 1. The summed E-state index contributed by atoms with van der Waals surface area (Å²) in [5.41, 5.74) is 0.942. The third kappa shape index (κ3) is 4.10. The van der Waals surface area contributed by atoms with Crippen LogP contribution < -0.4 is 10.0 Å². The predicted molar refractivity (Wildman–Crippen MR) is 98.1 cm³/mol. The highest BCUT2D eigenvalue weighted by molar-refractivity contribution is 7.89. The van der Waals surface area contributed by atoms with E-state index in [0.29, 0.717) is 11.3 Å². The van der Waals surface area contributed by atoms with Crippen molar-refractivity contribution in [1.82, 2.24) is 4.72 Å². The number of amides is 1. The number of nitriles is 1. The molecule has 3 rings (SSSR count). The molecule has 2 aromatic carbocycles. The number of benzene rings is 2. The van der Waals surface area contributed by atoms with E-state index in [4.69, 9.17) is 5.26 Å². The molecule has 26 heavy (non-hydrogen) atoms. The molecule has 0 heterocycles. The topological polar surface area (TPSA) is 99.1 Å². The van der Waals surface area contributed by atoms with Gasteiger partial charge in [0.15, 0.2) is 0 Å². The average Bonchev–Trinajstić information content (AvgIpc) is 3.14. The van der Waals surface area contributed by atoms with E-state index in [1.165, 1.54) is 18.2 Å². The Morgan fingerprint density at radius 3 is 2.54 bits per heavy atom. The average molecular weight is 369 g/mol. The summed E-state index contributed by atoms with van der Waals surface area (Å²) >= 11 is 0. The second kappa shape index (κ2) is 7.68. The lowest BCUT2D eigenvalue weighted by Crippen LogP contribution is -2.32. The van der Waals surface area contributed by atoms with Gasteiger partial charge in [0.05, 0.1) is 16.1 Å². The van der Waals surface area contributed by atoms with E-state index < -0.39 is 15.9 Å². The van der Waals surface area contributed by atoms with Crippen LogP contribution >= 0.6 is 0 Å². The van der Waals surface area contributed by atoms with Crippen LogP contribution in [-0.2, 0) is 10.0 Å². The van der Waals surface area contributed by atoms with Crippen LogP contribution in [0.3, 0.4) is 0 Å². The van der Waals surface area contributed by atoms with Crippen LogP contribution in [0, 0.1) is 11.3 Å². The molecule has 0 aromatic heterocycles. The van der Waals surface area contributed by atoms with Crippen molar-refractivity contribution in [1.29, 1.82) is 5.26 Å². The molecule has 0 unspecified atom stereocenters. The maximum Gasteiger partial charge on any atom is 0.255 e. The lowest BCUT2D eigenvalue weighted by Gasteiger charge is -2.13. The molecule has 2 aromatic rings. The van der Waals surface area contributed by atoms with Gasteiger partial charge in [0.2, 0.25) is 10.0 Å². The van der Waals surface area contributed by atoms with Gasteiger partial charge in [-0.1, -0.05) is 31.0 Å². The Morgan fingerprint density at radius 2 is 1.81 bits per heavy atom. The van der Waals surface area contributed by atoms with E-state index in [0.717, 1.165) is 25.7 Å². The van der Waals surface area contributed by atoms with Crippen LogP contribution in [-0.4, -0.2) is 20.4 Å². The summed E-state index contributed by atoms with van der Waals surface area (Å²) in [5.74, 6) is -0.467. The molecule has 2 N–H and O–H groups in total. The van der Waals surface area contributed by atoms with E-state index in [-0.39, 0.29) is 16.5 Å². The first kappa shape index (κ1) is 18.1. The van der Waals surface area contributed by atoms with Crippen LogP contribution in [0.25, 0.3) is 0 Å². The molecule has 1 amide bonds. The van der Waals surface area contributed by atoms with Gasteiger partial charge in [0, 0.05) is 11.6 Å². The molecule has 0 atom stereocenters. The van der Waals surface area contributed by atoms with Crippen molar-refractivity contribution in [3.63, 3.8) is 0 Å². The highest BCUT2D eigenvalue weighted by Gasteiger charge is 2.23. The zero-order valence-corrected chi connectivity index (χ0v) is 14.9. The summed E-state index contributed by atoms with van der Waals surface area (Å²) < 4.78 is 27.8. The number of nitrogens with zero attached hydrogens (tertiary/aromatic N) is 1. The lowest BCUT2D eigenvalue weighted by molar-refractivity contribution is 0.102. The number of hydrogen-bond acceptors (Lipinski definition) is 4. The quantitative estimate of drug-likeness (QED) is 0.846. The number of nitrogens with one attached hydrogen (secondary N) is 2. The Bertz CT molecular complexity index is 958. The van der Waals surface area contributed by atoms with E-state index in [2.05, 4.69) is 10.0 Å². The molecule has 0 spiro atoms. The van der Waals surface area contributed by atoms with Crippen molar-refractivity contribution >= 4 is 21.6 Å². The molecular weight excluding hydrogens is 350 g/mol. The van der Waals surface area contributed by atoms with Crippen LogP contribution in [0.1, 0.15) is 41.6 Å². The largest absolute Gasteiger partial charge is 0.321 e. The number of hydrogen-bond donors (Lipinski definition) is 2. The van der Waals surface area contributed by atoms with Gasteiger partial charge in [-0.3, -0.25) is 4.79 Å². The lowest BCUT2D eigenvalue weighted by atomic mass is 10.1. The molecule has 1 aliphatic rings. The number of rotatable bonds is 5. The summed E-state index contributed by atoms with van der Waals surface area (Å²) in [6.07, 6.45) is 3.72. The molecule has 6 nitrogen and oxygen atoms in total. The van der Waals surface area contributed by atoms with Crippen molar-refractivity contribution in [3.8, 4) is 6.07 Å². The highest BCUT2D eigenvalue weighted by atomic mass is 32.2. The highest BCUT2D eigenvalue weighted by Crippen LogP contribution is 2.21. The van der Waals surface area contributed by atoms with Gasteiger partial charge in [-0.15, -0.1) is 0 Å². The summed E-state index contributed by atoms with van der Waals surface area (Å²) in [7, 11) is -3.67. The summed E-state index contributed by atoms with van der Waals surface area (Å²) in [5, 5.41) is 11.8. The maximum absolute atomic E-state index is 12.5. The molecule has 7 heteroatoms. The monoisotopic (exact) mass is 369 g/mol. The van der Waals surface area contributed by atoms with Gasteiger partial charge in [0.25, 0.3) is 5.91 Å². The second-order valence-electron chi connectivity index (χ2n) is 6.24. The van der Waals surface area contributed by atoms with Gasteiger partial charge in [0.1, 0.15) is 6.07 Å². The zero-order chi connectivity index (χ0) is 18.6. The van der Waals surface area contributed by atoms with Crippen molar-refractivity contribution in [2.75, 3.05) is 5.32 Å². The summed E-state index contributed by atoms with van der Waals surface area (Å²) in [6.45, 7) is 0. The molecular formula is C19H19N3O3S. The van der Waals surface area contributed by atoms with E-state index in [9.17, 15) is 13.2 Å². The second-order valence-corrected chi connectivity index (χ2v) is 7.96. The van der Waals surface area contributed by atoms with Gasteiger partial charge >= 0.3 is 0 Å². The Balaban J connectivity index is 1.80. The summed E-state index contributed by atoms with van der Waals surface area (Å²) in [6, 6.07) is 14.5. The third-order valence-electron chi connectivity index (χ3n) is 4.38. The van der Waals surface area contributed by atoms with Crippen LogP contribution in [0.15, 0.2) is 53.4 Å². The molecule has 1 saturated carbocycles. The molecule has 0 radical (unpaired) electrons. The van der Waals surface area contributed by atoms with E-state index in [1.807, 2.05) is 6.07 Å². The first-order valence-electron chi connectivity index (χ1n) is 8.42. The Morgan fingerprint density at radius 1 is 1.08 bits per heavy atom. The van der Waals surface area contributed by atoms with Gasteiger partial charge < -0.3 is 5.32 Å². The van der Waals surface area contributed by atoms with Crippen LogP contribution in [0.2, 0.25) is 0 Å². The number of sulfonamides is 1. The molecule has 0 saturated heterocycles. The van der Waals surface area contributed by atoms with Crippen LogP contribution in [0.4, 0.5) is 5.69 Å². The van der Waals surface area contributed by atoms with Gasteiger partial charge in [-0.2, -0.15) is 5.26 Å². The SMILES string of the molecule is N#Cc1ccccc1NC(=O)c1cccc(S(=O)(=O)NC2CCCC2)c1. The van der Waals surface area contributed by atoms with E-state index in [1.54, 1.807) is 30.3 Å². The minimum atomic E-state index is -3.67. The van der Waals surface area contributed by atoms with Crippen molar-refractivity contribution in [2.24, 2.45) is 0 Å². The van der Waals surface area contributed by atoms with Gasteiger partial charge in [-0.25, -0.2) is 13.1 Å². The molecule has 134 valence electrons. The fourth-order valence-corrected chi connectivity index (χ4v) is 4.37. The predicted octanol–water partition coefficient (Wildman–Crippen LogP) is 3.03. The maximum atomic E-state index is 12.5. The van der Waals surface area contributed by atoms with Crippen LogP contribution in [0.5, 0.6) is 0 Å². The smallest absolute Gasteiger partial charge is 0.255 e. The minimum absolute atomic E-state index is 0.0417. The number of carbonyl (C=O) groups is 1. The Kier molecular flexibility index (Phi) is 5.35. The van der Waals surface area contributed by atoms with Crippen molar-refractivity contribution in [2.45, 2.75) is 36.6 Å². The normalized spacial score (nSPS) is 14.7. The number of para-hydroxylation sites is 1. The number of anilines is 1. The fraction of sp³-hybridized carbons (Fsp3) is 0.263. The molecule has 0 aliphatic heterocycles. The Hall–Kier alpha value is -2.69. The molecule has 0 bridgehead atoms. The van der Waals surface area contributed by atoms with Crippen molar-refractivity contribution < 1.29 is 13.2 Å². The fourth-order valence-electron chi connectivity index (χ4n) is 3.02. The van der Waals surface area contributed by atoms with Gasteiger partial charge in [-0.05, 0) is 43.2 Å². The molecule has 1 aliphatic carbocycles. The summed E-state index contributed by atoms with van der Waals surface area (Å²) in [4.78, 5) is 12.5.